The van der Waals surface area contributed by atoms with E-state index in [4.69, 9.17) is 9.26 Å². The Kier molecular flexibility index (Phi) is 4.73. The molecule has 102 valence electrons. The van der Waals surface area contributed by atoms with Crippen molar-refractivity contribution in [3.8, 4) is 0 Å². The third-order valence-electron chi connectivity index (χ3n) is 2.43. The first kappa shape index (κ1) is 14.2. The van der Waals surface area contributed by atoms with E-state index >= 15 is 0 Å². The summed E-state index contributed by atoms with van der Waals surface area (Å²) < 4.78 is 10.9. The summed E-state index contributed by atoms with van der Waals surface area (Å²) in [5, 5.41) is 5.74. The predicted molar refractivity (Wildman–Crippen MR) is 75.0 cm³/mol. The van der Waals surface area contributed by atoms with Crippen molar-refractivity contribution in [3.63, 3.8) is 0 Å². The zero-order valence-corrected chi connectivity index (χ0v) is 13.0. The molecule has 0 spiro atoms. The molecule has 19 heavy (non-hydrogen) atoms. The third kappa shape index (κ3) is 3.65. The molecule has 7 heteroatoms. The molecule has 0 aromatic carbocycles. The Balaban J connectivity index is 2.01. The SMILES string of the molecule is COCc1cc(C(=O)N(C)Cc2cc(Br)cs2)no1. The number of hydrogen-bond donors (Lipinski definition) is 0. The molecule has 5 nitrogen and oxygen atoms in total. The number of amides is 1. The minimum atomic E-state index is -0.171. The maximum Gasteiger partial charge on any atom is 0.276 e. The maximum absolute atomic E-state index is 12.1. The highest BCUT2D eigenvalue weighted by Crippen LogP contribution is 2.21. The van der Waals surface area contributed by atoms with Gasteiger partial charge in [-0.3, -0.25) is 4.79 Å². The Bertz CT molecular complexity index is 567. The highest BCUT2D eigenvalue weighted by atomic mass is 79.9. The average Bonchev–Trinajstić information content (AvgIpc) is 2.98. The fourth-order valence-electron chi connectivity index (χ4n) is 1.56. The van der Waals surface area contributed by atoms with Crippen LogP contribution in [0.2, 0.25) is 0 Å². The van der Waals surface area contributed by atoms with E-state index in [0.717, 1.165) is 9.35 Å². The topological polar surface area (TPSA) is 55.6 Å². The Morgan fingerprint density at radius 2 is 2.37 bits per heavy atom. The number of nitrogens with zero attached hydrogens (tertiary/aromatic N) is 2. The molecule has 2 aromatic rings. The van der Waals surface area contributed by atoms with E-state index in [1.54, 1.807) is 36.5 Å². The number of ether oxygens (including phenoxy) is 1. The number of halogens is 1. The van der Waals surface area contributed by atoms with Gasteiger partial charge in [0.05, 0.1) is 6.54 Å². The van der Waals surface area contributed by atoms with Crippen LogP contribution in [-0.2, 0) is 17.9 Å². The highest BCUT2D eigenvalue weighted by molar-refractivity contribution is 9.10. The van der Waals surface area contributed by atoms with Gasteiger partial charge < -0.3 is 14.2 Å². The Morgan fingerprint density at radius 1 is 1.58 bits per heavy atom. The van der Waals surface area contributed by atoms with Crippen LogP contribution in [0, 0.1) is 0 Å². The smallest absolute Gasteiger partial charge is 0.276 e. The number of carbonyl (C=O) groups excluding carboxylic acids is 1. The van der Waals surface area contributed by atoms with Crippen molar-refractivity contribution in [3.05, 3.63) is 38.3 Å². The van der Waals surface area contributed by atoms with Crippen molar-refractivity contribution in [1.82, 2.24) is 10.1 Å². The minimum Gasteiger partial charge on any atom is -0.377 e. The molecular formula is C12H13BrN2O3S. The first-order valence-electron chi connectivity index (χ1n) is 5.53. The Hall–Kier alpha value is -1.18. The number of methoxy groups -OCH3 is 1. The second kappa shape index (κ2) is 6.31. The lowest BCUT2D eigenvalue weighted by Gasteiger charge is -2.13. The zero-order chi connectivity index (χ0) is 13.8. The van der Waals surface area contributed by atoms with Gasteiger partial charge in [0, 0.05) is 35.0 Å². The summed E-state index contributed by atoms with van der Waals surface area (Å²) in [6.45, 7) is 0.851. The van der Waals surface area contributed by atoms with Crippen molar-refractivity contribution in [2.45, 2.75) is 13.2 Å². The molecular weight excluding hydrogens is 332 g/mol. The van der Waals surface area contributed by atoms with E-state index in [2.05, 4.69) is 21.1 Å². The van der Waals surface area contributed by atoms with E-state index < -0.39 is 0 Å². The lowest BCUT2D eigenvalue weighted by Crippen LogP contribution is -2.26. The van der Waals surface area contributed by atoms with Crippen LogP contribution in [0.15, 0.2) is 26.5 Å². The molecule has 2 aromatic heterocycles. The summed E-state index contributed by atoms with van der Waals surface area (Å²) in [6, 6.07) is 3.60. The molecule has 0 saturated heterocycles. The third-order valence-corrected chi connectivity index (χ3v) is 4.11. The van der Waals surface area contributed by atoms with E-state index in [1.807, 2.05) is 11.4 Å². The van der Waals surface area contributed by atoms with Crippen LogP contribution in [0.3, 0.4) is 0 Å². The molecule has 1 amide bonds. The zero-order valence-electron chi connectivity index (χ0n) is 10.6. The van der Waals surface area contributed by atoms with Crippen molar-refractivity contribution in [2.75, 3.05) is 14.2 Å². The van der Waals surface area contributed by atoms with Gasteiger partial charge in [-0.15, -0.1) is 11.3 Å². The summed E-state index contributed by atoms with van der Waals surface area (Å²) in [4.78, 5) is 14.8. The standard InChI is InChI=1S/C12H13BrN2O3S/c1-15(5-10-3-8(13)7-19-10)12(16)11-4-9(6-17-2)18-14-11/h3-4,7H,5-6H2,1-2H3. The van der Waals surface area contributed by atoms with Gasteiger partial charge in [0.1, 0.15) is 6.61 Å². The lowest BCUT2D eigenvalue weighted by atomic mass is 10.3. The monoisotopic (exact) mass is 344 g/mol. The summed E-state index contributed by atoms with van der Waals surface area (Å²) in [7, 11) is 3.30. The molecule has 0 radical (unpaired) electrons. The van der Waals surface area contributed by atoms with Crippen molar-refractivity contribution in [2.24, 2.45) is 0 Å². The molecule has 2 rings (SSSR count). The van der Waals surface area contributed by atoms with Crippen LogP contribution >= 0.6 is 27.3 Å². The molecule has 0 aliphatic heterocycles. The maximum atomic E-state index is 12.1. The second-order valence-corrected chi connectivity index (χ2v) is 5.92. The predicted octanol–water partition coefficient (Wildman–Crippen LogP) is 2.92. The van der Waals surface area contributed by atoms with Crippen LogP contribution in [0.5, 0.6) is 0 Å². The van der Waals surface area contributed by atoms with E-state index in [9.17, 15) is 4.79 Å². The molecule has 0 atom stereocenters. The number of thiophene rings is 1. The molecule has 0 aliphatic carbocycles. The van der Waals surface area contributed by atoms with Crippen LogP contribution in [0.1, 0.15) is 21.1 Å². The Morgan fingerprint density at radius 3 is 3.00 bits per heavy atom. The minimum absolute atomic E-state index is 0.171. The molecule has 0 fully saturated rings. The van der Waals surface area contributed by atoms with E-state index in [1.165, 1.54) is 0 Å². The van der Waals surface area contributed by atoms with Crippen LogP contribution in [0.25, 0.3) is 0 Å². The number of aromatic nitrogens is 1. The quantitative estimate of drug-likeness (QED) is 0.836. The van der Waals surface area contributed by atoms with Gasteiger partial charge in [-0.2, -0.15) is 0 Å². The molecule has 0 unspecified atom stereocenters. The van der Waals surface area contributed by atoms with E-state index in [0.29, 0.717) is 24.6 Å². The molecule has 0 saturated carbocycles. The highest BCUT2D eigenvalue weighted by Gasteiger charge is 2.17. The Labute approximate surface area is 123 Å². The van der Waals surface area contributed by atoms with Crippen LogP contribution < -0.4 is 0 Å². The summed E-state index contributed by atoms with van der Waals surface area (Å²) in [5.41, 5.74) is 0.296. The number of carbonyl (C=O) groups is 1. The summed E-state index contributed by atoms with van der Waals surface area (Å²) >= 11 is 4.99. The lowest BCUT2D eigenvalue weighted by molar-refractivity contribution is 0.0775. The van der Waals surface area contributed by atoms with Gasteiger partial charge in [-0.25, -0.2) is 0 Å². The van der Waals surface area contributed by atoms with Crippen molar-refractivity contribution >= 4 is 33.2 Å². The van der Waals surface area contributed by atoms with E-state index in [-0.39, 0.29) is 5.91 Å². The molecule has 0 aliphatic rings. The summed E-state index contributed by atoms with van der Waals surface area (Å²) in [6.07, 6.45) is 0. The van der Waals surface area contributed by atoms with Crippen LogP contribution in [0.4, 0.5) is 0 Å². The first-order chi connectivity index (χ1) is 9.10. The van der Waals surface area contributed by atoms with Gasteiger partial charge in [-0.05, 0) is 22.0 Å². The fourth-order valence-corrected chi connectivity index (χ4v) is 3.07. The fraction of sp³-hybridized carbons (Fsp3) is 0.333. The van der Waals surface area contributed by atoms with Gasteiger partial charge in [0.25, 0.3) is 5.91 Å². The molecule has 0 bridgehead atoms. The normalized spacial score (nSPS) is 10.7. The van der Waals surface area contributed by atoms with Crippen molar-refractivity contribution in [1.29, 1.82) is 0 Å². The molecule has 0 N–H and O–H groups in total. The van der Waals surface area contributed by atoms with Gasteiger partial charge in [0.2, 0.25) is 0 Å². The largest absolute Gasteiger partial charge is 0.377 e. The van der Waals surface area contributed by atoms with Gasteiger partial charge in [-0.1, -0.05) is 5.16 Å². The average molecular weight is 345 g/mol. The molecule has 2 heterocycles. The first-order valence-corrected chi connectivity index (χ1v) is 7.20. The number of rotatable bonds is 5. The summed E-state index contributed by atoms with van der Waals surface area (Å²) in [5.74, 6) is 0.369. The van der Waals surface area contributed by atoms with Crippen molar-refractivity contribution < 1.29 is 14.1 Å². The van der Waals surface area contributed by atoms with Gasteiger partial charge >= 0.3 is 0 Å². The second-order valence-electron chi connectivity index (χ2n) is 4.00. The number of hydrogen-bond acceptors (Lipinski definition) is 5. The van der Waals surface area contributed by atoms with Crippen LogP contribution in [-0.4, -0.2) is 30.1 Å². The van der Waals surface area contributed by atoms with Gasteiger partial charge in [0.15, 0.2) is 11.5 Å².